The van der Waals surface area contributed by atoms with Gasteiger partial charge >= 0.3 is 0 Å². The zero-order valence-corrected chi connectivity index (χ0v) is 17.0. The highest BCUT2D eigenvalue weighted by Crippen LogP contribution is 2.19. The van der Waals surface area contributed by atoms with Crippen molar-refractivity contribution >= 4 is 11.6 Å². The summed E-state index contributed by atoms with van der Waals surface area (Å²) in [5.41, 5.74) is 6.37. The molecule has 144 valence electrons. The van der Waals surface area contributed by atoms with Crippen molar-refractivity contribution in [1.82, 2.24) is 5.32 Å². The number of amides is 1. The van der Waals surface area contributed by atoms with Crippen LogP contribution in [0.15, 0.2) is 42.5 Å². The molecule has 1 aliphatic rings. The summed E-state index contributed by atoms with van der Waals surface area (Å²) in [6.45, 7) is 13.0. The van der Waals surface area contributed by atoms with Gasteiger partial charge in [0.2, 0.25) is 0 Å². The minimum Gasteiger partial charge on any atom is -0.360 e. The van der Waals surface area contributed by atoms with Crippen LogP contribution in [0, 0.1) is 20.8 Å². The van der Waals surface area contributed by atoms with Crippen LogP contribution >= 0.6 is 0 Å². The van der Waals surface area contributed by atoms with E-state index in [2.05, 4.69) is 80.4 Å². The van der Waals surface area contributed by atoms with E-state index in [1.165, 1.54) is 32.8 Å². The minimum atomic E-state index is 0.0458. The van der Waals surface area contributed by atoms with E-state index in [4.69, 9.17) is 0 Å². The van der Waals surface area contributed by atoms with Crippen LogP contribution in [0.4, 0.5) is 5.69 Å². The number of nitrogens with zero attached hydrogens (tertiary/aromatic N) is 1. The smallest absolute Gasteiger partial charge is 0.275 e. The van der Waals surface area contributed by atoms with Gasteiger partial charge in [0.15, 0.2) is 6.54 Å². The highest BCUT2D eigenvalue weighted by atomic mass is 16.2. The molecule has 0 saturated carbocycles. The lowest BCUT2D eigenvalue weighted by Crippen LogP contribution is -3.16. The Labute approximate surface area is 163 Å². The summed E-state index contributed by atoms with van der Waals surface area (Å²) in [5.74, 6) is 0.139. The summed E-state index contributed by atoms with van der Waals surface area (Å²) < 4.78 is 0. The molecule has 0 radical (unpaired) electrons. The number of hydrogen-bond donors (Lipinski definition) is 2. The van der Waals surface area contributed by atoms with Gasteiger partial charge in [-0.1, -0.05) is 36.4 Å². The second-order valence-corrected chi connectivity index (χ2v) is 7.83. The third-order valence-corrected chi connectivity index (χ3v) is 5.75. The van der Waals surface area contributed by atoms with Gasteiger partial charge in [0.1, 0.15) is 0 Å². The molecule has 2 aromatic carbocycles. The zero-order valence-electron chi connectivity index (χ0n) is 17.0. The molecular formula is C23H32N3O+. The summed E-state index contributed by atoms with van der Waals surface area (Å²) in [4.78, 5) is 16.3. The summed E-state index contributed by atoms with van der Waals surface area (Å²) in [5, 5.41) is 3.17. The first kappa shape index (κ1) is 19.4. The minimum absolute atomic E-state index is 0.0458. The van der Waals surface area contributed by atoms with E-state index >= 15 is 0 Å². The Hall–Kier alpha value is -2.33. The molecule has 4 heteroatoms. The largest absolute Gasteiger partial charge is 0.360 e. The van der Waals surface area contributed by atoms with Crippen LogP contribution in [0.1, 0.15) is 35.2 Å². The molecule has 0 aromatic heterocycles. The fourth-order valence-corrected chi connectivity index (χ4v) is 3.80. The lowest BCUT2D eigenvalue weighted by Gasteiger charge is -2.34. The predicted molar refractivity (Wildman–Crippen MR) is 111 cm³/mol. The Balaban J connectivity index is 1.49. The van der Waals surface area contributed by atoms with Crippen molar-refractivity contribution in [3.8, 4) is 0 Å². The average Bonchev–Trinajstić information content (AvgIpc) is 2.65. The highest BCUT2D eigenvalue weighted by molar-refractivity contribution is 5.77. The third-order valence-electron chi connectivity index (χ3n) is 5.75. The van der Waals surface area contributed by atoms with Crippen molar-refractivity contribution in [3.63, 3.8) is 0 Å². The van der Waals surface area contributed by atoms with Crippen molar-refractivity contribution in [2.75, 3.05) is 37.6 Å². The molecule has 1 saturated heterocycles. The van der Waals surface area contributed by atoms with Crippen LogP contribution in [0.3, 0.4) is 0 Å². The van der Waals surface area contributed by atoms with Gasteiger partial charge in [-0.2, -0.15) is 0 Å². The maximum Gasteiger partial charge on any atom is 0.275 e. The molecule has 1 aliphatic heterocycles. The Morgan fingerprint density at radius 3 is 2.41 bits per heavy atom. The van der Waals surface area contributed by atoms with Gasteiger partial charge in [0.05, 0.1) is 32.2 Å². The van der Waals surface area contributed by atoms with E-state index in [9.17, 15) is 4.79 Å². The zero-order chi connectivity index (χ0) is 19.4. The number of carbonyl (C=O) groups is 1. The van der Waals surface area contributed by atoms with Crippen LogP contribution in [-0.2, 0) is 4.79 Å². The van der Waals surface area contributed by atoms with E-state index in [0.717, 1.165) is 26.2 Å². The first-order chi connectivity index (χ1) is 12.9. The molecule has 1 heterocycles. The molecule has 27 heavy (non-hydrogen) atoms. The number of quaternary nitrogens is 1. The van der Waals surface area contributed by atoms with Gasteiger partial charge in [-0.25, -0.2) is 0 Å². The lowest BCUT2D eigenvalue weighted by molar-refractivity contribution is -0.892. The summed E-state index contributed by atoms with van der Waals surface area (Å²) in [6.07, 6.45) is 0. The maximum atomic E-state index is 12.5. The van der Waals surface area contributed by atoms with Gasteiger partial charge in [0.25, 0.3) is 5.91 Å². The van der Waals surface area contributed by atoms with Crippen LogP contribution in [0.25, 0.3) is 0 Å². The standard InChI is InChI=1S/C23H31N3O/c1-17-9-10-21(15-19(17)3)20(4)24-23(27)16-25-11-13-26(14-12-25)22-8-6-5-7-18(22)2/h5-10,15,20H,11-14,16H2,1-4H3,(H,24,27)/p+1/t20-/m0/s1. The molecule has 1 amide bonds. The molecule has 0 spiro atoms. The average molecular weight is 367 g/mol. The first-order valence-corrected chi connectivity index (χ1v) is 9.94. The maximum absolute atomic E-state index is 12.5. The number of carbonyl (C=O) groups excluding carboxylic acids is 1. The number of nitrogens with one attached hydrogen (secondary N) is 2. The number of piperazine rings is 1. The van der Waals surface area contributed by atoms with E-state index in [1.54, 1.807) is 0 Å². The number of benzene rings is 2. The Kier molecular flexibility index (Phi) is 6.17. The second-order valence-electron chi connectivity index (χ2n) is 7.83. The van der Waals surface area contributed by atoms with Gasteiger partial charge in [0, 0.05) is 5.69 Å². The second kappa shape index (κ2) is 8.57. The molecule has 3 rings (SSSR count). The highest BCUT2D eigenvalue weighted by Gasteiger charge is 2.23. The molecule has 0 aliphatic carbocycles. The molecule has 0 unspecified atom stereocenters. The topological polar surface area (TPSA) is 36.8 Å². The Morgan fingerprint density at radius 2 is 1.74 bits per heavy atom. The van der Waals surface area contributed by atoms with Crippen molar-refractivity contribution < 1.29 is 9.69 Å². The van der Waals surface area contributed by atoms with Gasteiger partial charge in [-0.05, 0) is 56.0 Å². The third kappa shape index (κ3) is 4.89. The first-order valence-electron chi connectivity index (χ1n) is 9.94. The number of anilines is 1. The van der Waals surface area contributed by atoms with Crippen molar-refractivity contribution in [2.24, 2.45) is 0 Å². The fourth-order valence-electron chi connectivity index (χ4n) is 3.80. The quantitative estimate of drug-likeness (QED) is 0.851. The van der Waals surface area contributed by atoms with Crippen LogP contribution in [0.5, 0.6) is 0 Å². The monoisotopic (exact) mass is 366 g/mol. The summed E-state index contributed by atoms with van der Waals surface area (Å²) in [7, 11) is 0. The SMILES string of the molecule is Cc1ccc([C@H](C)NC(=O)C[NH+]2CCN(c3ccccc3C)CC2)cc1C. The molecule has 1 fully saturated rings. The van der Waals surface area contributed by atoms with Crippen molar-refractivity contribution in [1.29, 1.82) is 0 Å². The number of aryl methyl sites for hydroxylation is 3. The number of hydrogen-bond acceptors (Lipinski definition) is 2. The number of para-hydroxylation sites is 1. The van der Waals surface area contributed by atoms with E-state index in [-0.39, 0.29) is 11.9 Å². The van der Waals surface area contributed by atoms with E-state index in [0.29, 0.717) is 6.54 Å². The van der Waals surface area contributed by atoms with Gasteiger partial charge in [-0.15, -0.1) is 0 Å². The lowest BCUT2D eigenvalue weighted by atomic mass is 10.0. The van der Waals surface area contributed by atoms with Gasteiger partial charge in [-0.3, -0.25) is 4.79 Å². The Morgan fingerprint density at radius 1 is 1.04 bits per heavy atom. The molecular weight excluding hydrogens is 334 g/mol. The van der Waals surface area contributed by atoms with Crippen LogP contribution in [0.2, 0.25) is 0 Å². The van der Waals surface area contributed by atoms with E-state index < -0.39 is 0 Å². The van der Waals surface area contributed by atoms with Gasteiger partial charge < -0.3 is 15.1 Å². The normalized spacial score (nSPS) is 16.2. The van der Waals surface area contributed by atoms with Crippen LogP contribution in [-0.4, -0.2) is 38.6 Å². The molecule has 0 bridgehead atoms. The fraction of sp³-hybridized carbons (Fsp3) is 0.435. The van der Waals surface area contributed by atoms with Crippen molar-refractivity contribution in [3.05, 3.63) is 64.7 Å². The van der Waals surface area contributed by atoms with Crippen molar-refractivity contribution in [2.45, 2.75) is 33.7 Å². The van der Waals surface area contributed by atoms with Crippen LogP contribution < -0.4 is 15.1 Å². The summed E-state index contributed by atoms with van der Waals surface area (Å²) >= 11 is 0. The van der Waals surface area contributed by atoms with E-state index in [1.807, 2.05) is 0 Å². The summed E-state index contributed by atoms with van der Waals surface area (Å²) in [6, 6.07) is 15.0. The number of rotatable bonds is 5. The Bertz CT molecular complexity index is 794. The molecule has 4 nitrogen and oxygen atoms in total. The molecule has 2 aromatic rings. The molecule has 1 atom stereocenters. The molecule has 2 N–H and O–H groups in total. The predicted octanol–water partition coefficient (Wildman–Crippen LogP) is 2.19.